The third-order valence-corrected chi connectivity index (χ3v) is 2.94. The Bertz CT molecular complexity index is 615. The Labute approximate surface area is 118 Å². The zero-order valence-electron chi connectivity index (χ0n) is 10.1. The van der Waals surface area contributed by atoms with Crippen LogP contribution >= 0.6 is 11.6 Å². The summed E-state index contributed by atoms with van der Waals surface area (Å²) in [6.45, 7) is -0.414. The molecule has 0 spiro atoms. The van der Waals surface area contributed by atoms with E-state index in [2.05, 4.69) is 5.32 Å². The standard InChI is InChI=1S/C13H11ClFNO4/c14-9-5-7(15)4-8(12(9)18)13(19)16-10(6-17)11-2-1-3-20-11/h1-5,10,17-18H,6H2,(H,16,19). The first kappa shape index (κ1) is 14.4. The number of nitrogens with one attached hydrogen (secondary N) is 1. The molecule has 7 heteroatoms. The zero-order valence-corrected chi connectivity index (χ0v) is 10.9. The number of carbonyl (C=O) groups excluding carboxylic acids is 1. The van der Waals surface area contributed by atoms with E-state index in [1.807, 2.05) is 0 Å². The Kier molecular flexibility index (Phi) is 4.26. The van der Waals surface area contributed by atoms with Crippen LogP contribution in [0.25, 0.3) is 0 Å². The van der Waals surface area contributed by atoms with Gasteiger partial charge in [0.15, 0.2) is 0 Å². The van der Waals surface area contributed by atoms with Gasteiger partial charge in [0.25, 0.3) is 5.91 Å². The number of carbonyl (C=O) groups is 1. The van der Waals surface area contributed by atoms with Gasteiger partial charge < -0.3 is 19.9 Å². The molecule has 2 rings (SSSR count). The van der Waals surface area contributed by atoms with Gasteiger partial charge in [-0.05, 0) is 24.3 Å². The minimum absolute atomic E-state index is 0.270. The highest BCUT2D eigenvalue weighted by Crippen LogP contribution is 2.29. The summed E-state index contributed by atoms with van der Waals surface area (Å²) >= 11 is 5.60. The molecule has 0 fully saturated rings. The lowest BCUT2D eigenvalue weighted by atomic mass is 10.1. The van der Waals surface area contributed by atoms with Gasteiger partial charge in [0.1, 0.15) is 23.4 Å². The summed E-state index contributed by atoms with van der Waals surface area (Å²) < 4.78 is 18.3. The van der Waals surface area contributed by atoms with Gasteiger partial charge in [0.2, 0.25) is 0 Å². The molecule has 106 valence electrons. The summed E-state index contributed by atoms with van der Waals surface area (Å²) in [5.74, 6) is -1.72. The lowest BCUT2D eigenvalue weighted by Crippen LogP contribution is -2.30. The van der Waals surface area contributed by atoms with Crippen LogP contribution in [0.3, 0.4) is 0 Å². The van der Waals surface area contributed by atoms with E-state index in [4.69, 9.17) is 16.0 Å². The van der Waals surface area contributed by atoms with Crippen LogP contribution in [0.5, 0.6) is 5.75 Å². The van der Waals surface area contributed by atoms with E-state index in [0.717, 1.165) is 12.1 Å². The number of halogens is 2. The lowest BCUT2D eigenvalue weighted by Gasteiger charge is -2.14. The fourth-order valence-corrected chi connectivity index (χ4v) is 1.88. The summed E-state index contributed by atoms with van der Waals surface area (Å²) in [6, 6.07) is 4.11. The van der Waals surface area contributed by atoms with Crippen molar-refractivity contribution in [3.8, 4) is 5.75 Å². The summed E-state index contributed by atoms with van der Waals surface area (Å²) in [5, 5.41) is 21.0. The Morgan fingerprint density at radius 2 is 2.25 bits per heavy atom. The van der Waals surface area contributed by atoms with Gasteiger partial charge in [0.05, 0.1) is 23.5 Å². The second-order valence-electron chi connectivity index (χ2n) is 4.01. The average Bonchev–Trinajstić information content (AvgIpc) is 2.93. The normalized spacial score (nSPS) is 12.2. The number of aliphatic hydroxyl groups excluding tert-OH is 1. The van der Waals surface area contributed by atoms with Crippen LogP contribution in [0.4, 0.5) is 4.39 Å². The molecular formula is C13H11ClFNO4. The second kappa shape index (κ2) is 5.94. The smallest absolute Gasteiger partial charge is 0.255 e. The summed E-state index contributed by atoms with van der Waals surface area (Å²) in [5.41, 5.74) is -0.319. The van der Waals surface area contributed by atoms with Crippen LogP contribution in [-0.4, -0.2) is 22.7 Å². The Balaban J connectivity index is 2.24. The van der Waals surface area contributed by atoms with Crippen molar-refractivity contribution >= 4 is 17.5 Å². The van der Waals surface area contributed by atoms with Crippen LogP contribution in [0.2, 0.25) is 5.02 Å². The number of furan rings is 1. The van der Waals surface area contributed by atoms with Gasteiger partial charge >= 0.3 is 0 Å². The maximum atomic E-state index is 13.2. The quantitative estimate of drug-likeness (QED) is 0.808. The molecule has 1 heterocycles. The van der Waals surface area contributed by atoms with E-state index < -0.39 is 30.1 Å². The van der Waals surface area contributed by atoms with E-state index >= 15 is 0 Å². The number of rotatable bonds is 4. The van der Waals surface area contributed by atoms with E-state index in [0.29, 0.717) is 5.76 Å². The molecule has 0 radical (unpaired) electrons. The minimum atomic E-state index is -0.807. The maximum Gasteiger partial charge on any atom is 0.255 e. The SMILES string of the molecule is O=C(NC(CO)c1ccco1)c1cc(F)cc(Cl)c1O. The molecule has 1 atom stereocenters. The van der Waals surface area contributed by atoms with Gasteiger partial charge in [-0.25, -0.2) is 4.39 Å². The molecular weight excluding hydrogens is 289 g/mol. The molecule has 0 bridgehead atoms. The first-order chi connectivity index (χ1) is 9.52. The number of hydrogen-bond donors (Lipinski definition) is 3. The van der Waals surface area contributed by atoms with E-state index in [1.54, 1.807) is 12.1 Å². The number of aromatic hydroxyl groups is 1. The summed E-state index contributed by atoms with van der Waals surface area (Å²) in [4.78, 5) is 12.0. The molecule has 0 saturated carbocycles. The highest BCUT2D eigenvalue weighted by Gasteiger charge is 2.21. The van der Waals surface area contributed by atoms with Crippen LogP contribution in [0.1, 0.15) is 22.2 Å². The molecule has 20 heavy (non-hydrogen) atoms. The Morgan fingerprint density at radius 3 is 2.85 bits per heavy atom. The van der Waals surface area contributed by atoms with Gasteiger partial charge in [-0.1, -0.05) is 11.6 Å². The Morgan fingerprint density at radius 1 is 1.50 bits per heavy atom. The van der Waals surface area contributed by atoms with Crippen LogP contribution in [-0.2, 0) is 0 Å². The minimum Gasteiger partial charge on any atom is -0.506 e. The second-order valence-corrected chi connectivity index (χ2v) is 4.42. The molecule has 1 aromatic heterocycles. The number of aliphatic hydroxyl groups is 1. The molecule has 0 saturated heterocycles. The molecule has 0 aliphatic rings. The number of amides is 1. The molecule has 3 N–H and O–H groups in total. The Hall–Kier alpha value is -2.05. The molecule has 2 aromatic rings. The van der Waals surface area contributed by atoms with Crippen molar-refractivity contribution in [2.45, 2.75) is 6.04 Å². The van der Waals surface area contributed by atoms with Gasteiger partial charge in [-0.3, -0.25) is 4.79 Å². The topological polar surface area (TPSA) is 82.7 Å². The van der Waals surface area contributed by atoms with Gasteiger partial charge in [0, 0.05) is 0 Å². The highest BCUT2D eigenvalue weighted by atomic mass is 35.5. The molecule has 1 aromatic carbocycles. The molecule has 1 amide bonds. The van der Waals surface area contributed by atoms with E-state index in [1.165, 1.54) is 6.26 Å². The van der Waals surface area contributed by atoms with Crippen molar-refractivity contribution in [3.05, 3.63) is 52.7 Å². The third kappa shape index (κ3) is 2.92. The van der Waals surface area contributed by atoms with E-state index in [9.17, 15) is 19.4 Å². The van der Waals surface area contributed by atoms with Crippen molar-refractivity contribution in [2.24, 2.45) is 0 Å². The lowest BCUT2D eigenvalue weighted by molar-refractivity contribution is 0.0904. The number of benzene rings is 1. The van der Waals surface area contributed by atoms with Crippen LogP contribution in [0.15, 0.2) is 34.9 Å². The predicted octanol–water partition coefficient (Wildman–Crippen LogP) is 2.24. The van der Waals surface area contributed by atoms with Crippen LogP contribution < -0.4 is 5.32 Å². The largest absolute Gasteiger partial charge is 0.506 e. The molecule has 5 nitrogen and oxygen atoms in total. The fraction of sp³-hybridized carbons (Fsp3) is 0.154. The number of phenols is 1. The molecule has 1 unspecified atom stereocenters. The molecule has 0 aliphatic heterocycles. The van der Waals surface area contributed by atoms with Gasteiger partial charge in [-0.15, -0.1) is 0 Å². The summed E-state index contributed by atoms with van der Waals surface area (Å²) in [7, 11) is 0. The average molecular weight is 300 g/mol. The van der Waals surface area contributed by atoms with Crippen molar-refractivity contribution in [3.63, 3.8) is 0 Å². The van der Waals surface area contributed by atoms with Crippen molar-refractivity contribution in [2.75, 3.05) is 6.61 Å². The molecule has 0 aliphatic carbocycles. The van der Waals surface area contributed by atoms with Crippen molar-refractivity contribution in [1.29, 1.82) is 0 Å². The predicted molar refractivity (Wildman–Crippen MR) is 69.1 cm³/mol. The monoisotopic (exact) mass is 299 g/mol. The van der Waals surface area contributed by atoms with Crippen LogP contribution in [0, 0.1) is 5.82 Å². The first-order valence-electron chi connectivity index (χ1n) is 5.66. The number of hydrogen-bond acceptors (Lipinski definition) is 4. The third-order valence-electron chi connectivity index (χ3n) is 2.65. The van der Waals surface area contributed by atoms with E-state index in [-0.39, 0.29) is 10.6 Å². The number of phenolic OH excluding ortho intramolecular Hbond substituents is 1. The van der Waals surface area contributed by atoms with Crippen molar-refractivity contribution in [1.82, 2.24) is 5.32 Å². The summed E-state index contributed by atoms with van der Waals surface area (Å²) in [6.07, 6.45) is 1.39. The maximum absolute atomic E-state index is 13.2. The van der Waals surface area contributed by atoms with Crippen molar-refractivity contribution < 1.29 is 23.8 Å². The fourth-order valence-electron chi connectivity index (χ4n) is 1.67. The first-order valence-corrected chi connectivity index (χ1v) is 6.04. The highest BCUT2D eigenvalue weighted by molar-refractivity contribution is 6.32. The zero-order chi connectivity index (χ0) is 14.7. The van der Waals surface area contributed by atoms with Gasteiger partial charge in [-0.2, -0.15) is 0 Å².